The molecule has 5 heteroatoms. The lowest BCUT2D eigenvalue weighted by atomic mass is 10.1. The van der Waals surface area contributed by atoms with Gasteiger partial charge in [0.1, 0.15) is 11.3 Å². The zero-order chi connectivity index (χ0) is 16.4. The van der Waals surface area contributed by atoms with Gasteiger partial charge in [0.25, 0.3) is 0 Å². The molecule has 0 unspecified atom stereocenters. The number of ketones is 1. The van der Waals surface area contributed by atoms with Crippen LogP contribution in [0, 0.1) is 0 Å². The minimum atomic E-state index is -0.0945. The smallest absolute Gasteiger partial charge is 0.230 e. The molecule has 0 spiro atoms. The van der Waals surface area contributed by atoms with E-state index in [1.807, 2.05) is 42.5 Å². The molecule has 0 aliphatic heterocycles. The number of fused-ring (bicyclic) bond motifs is 1. The third-order valence-corrected chi connectivity index (χ3v) is 3.88. The number of nitrogens with zero attached hydrogens (tertiary/aromatic N) is 1. The normalized spacial score (nSPS) is 11.7. The second kappa shape index (κ2) is 6.38. The van der Waals surface area contributed by atoms with Gasteiger partial charge in [0.15, 0.2) is 5.78 Å². The van der Waals surface area contributed by atoms with Crippen molar-refractivity contribution < 1.29 is 13.9 Å². The molecule has 3 aromatic rings. The molecule has 23 heavy (non-hydrogen) atoms. The van der Waals surface area contributed by atoms with E-state index in [-0.39, 0.29) is 5.78 Å². The third kappa shape index (κ3) is 3.35. The van der Waals surface area contributed by atoms with Crippen molar-refractivity contribution >= 4 is 38.4 Å². The Morgan fingerprint density at radius 2 is 1.87 bits per heavy atom. The average molecular weight is 372 g/mol. The van der Waals surface area contributed by atoms with Crippen LogP contribution in [0.5, 0.6) is 5.75 Å². The Hall–Kier alpha value is -2.40. The number of Topliss-reactive ketones (excluding diaryl/α,β-unsaturated/α-hetero) is 1. The molecule has 0 amide bonds. The van der Waals surface area contributed by atoms with Crippen LogP contribution in [0.1, 0.15) is 17.3 Å². The summed E-state index contributed by atoms with van der Waals surface area (Å²) in [7, 11) is 1.61. The highest BCUT2D eigenvalue weighted by molar-refractivity contribution is 9.10. The first-order valence-corrected chi connectivity index (χ1v) is 7.79. The molecule has 0 atom stereocenters. The van der Waals surface area contributed by atoms with Crippen LogP contribution in [0.2, 0.25) is 0 Å². The Bertz CT molecular complexity index is 943. The molecule has 4 nitrogen and oxygen atoms in total. The first kappa shape index (κ1) is 15.5. The molecule has 0 fully saturated rings. The Balaban J connectivity index is 2.21. The van der Waals surface area contributed by atoms with E-state index in [2.05, 4.69) is 20.9 Å². The van der Waals surface area contributed by atoms with Gasteiger partial charge in [-0.2, -0.15) is 0 Å². The summed E-state index contributed by atoms with van der Waals surface area (Å²) in [5, 5.41) is 0.846. The van der Waals surface area contributed by atoms with E-state index < -0.39 is 0 Å². The van der Waals surface area contributed by atoms with Gasteiger partial charge in [-0.15, -0.1) is 0 Å². The number of rotatable bonds is 3. The highest BCUT2D eigenvalue weighted by Gasteiger charge is 2.09. The zero-order valence-corrected chi connectivity index (χ0v) is 14.3. The van der Waals surface area contributed by atoms with Crippen molar-refractivity contribution in [2.45, 2.75) is 6.92 Å². The van der Waals surface area contributed by atoms with Gasteiger partial charge in [-0.3, -0.25) is 4.79 Å². The van der Waals surface area contributed by atoms with Crippen LogP contribution < -0.4 is 10.3 Å². The lowest BCUT2D eigenvalue weighted by molar-refractivity contribution is 0.101. The highest BCUT2D eigenvalue weighted by Crippen LogP contribution is 2.21. The van der Waals surface area contributed by atoms with Crippen LogP contribution in [-0.2, 0) is 0 Å². The van der Waals surface area contributed by atoms with Crippen molar-refractivity contribution in [3.05, 3.63) is 64.1 Å². The number of methoxy groups -OCH3 is 1. The summed E-state index contributed by atoms with van der Waals surface area (Å²) in [5.41, 5.74) is 2.11. The van der Waals surface area contributed by atoms with Crippen LogP contribution in [0.15, 0.2) is 62.4 Å². The predicted molar refractivity (Wildman–Crippen MR) is 92.1 cm³/mol. The largest absolute Gasteiger partial charge is 0.497 e. The third-order valence-electron chi connectivity index (χ3n) is 3.39. The summed E-state index contributed by atoms with van der Waals surface area (Å²) in [6.07, 6.45) is 0. The van der Waals surface area contributed by atoms with Crippen molar-refractivity contribution in [2.75, 3.05) is 7.11 Å². The number of hydrogen-bond acceptors (Lipinski definition) is 4. The van der Waals surface area contributed by atoms with Crippen molar-refractivity contribution in [3.8, 4) is 5.75 Å². The van der Waals surface area contributed by atoms with E-state index in [1.165, 1.54) is 6.92 Å². The van der Waals surface area contributed by atoms with Gasteiger partial charge in [-0.05, 0) is 55.5 Å². The van der Waals surface area contributed by atoms with Gasteiger partial charge < -0.3 is 9.15 Å². The molecular formula is C18H14BrNO3. The molecule has 0 aliphatic carbocycles. The molecule has 1 aromatic heterocycles. The molecular weight excluding hydrogens is 358 g/mol. The summed E-state index contributed by atoms with van der Waals surface area (Å²) in [5.74, 6) is 0.652. The molecule has 116 valence electrons. The molecule has 0 aliphatic rings. The maximum Gasteiger partial charge on any atom is 0.230 e. The van der Waals surface area contributed by atoms with Gasteiger partial charge in [0.05, 0.1) is 18.4 Å². The van der Waals surface area contributed by atoms with Crippen LogP contribution in [-0.4, -0.2) is 12.9 Å². The van der Waals surface area contributed by atoms with Crippen molar-refractivity contribution in [1.29, 1.82) is 0 Å². The summed E-state index contributed by atoms with van der Waals surface area (Å²) >= 11 is 3.42. The van der Waals surface area contributed by atoms with Crippen molar-refractivity contribution in [1.82, 2.24) is 0 Å². The lowest BCUT2D eigenvalue weighted by Crippen LogP contribution is -2.12. The molecule has 0 bridgehead atoms. The highest BCUT2D eigenvalue weighted by atomic mass is 79.9. The Morgan fingerprint density at radius 1 is 1.13 bits per heavy atom. The minimum absolute atomic E-state index is 0.0945. The van der Waals surface area contributed by atoms with Gasteiger partial charge in [-0.1, -0.05) is 15.9 Å². The van der Waals surface area contributed by atoms with Crippen molar-refractivity contribution in [2.24, 2.45) is 4.99 Å². The van der Waals surface area contributed by atoms with Gasteiger partial charge in [0.2, 0.25) is 5.55 Å². The fourth-order valence-corrected chi connectivity index (χ4v) is 2.59. The monoisotopic (exact) mass is 371 g/mol. The van der Waals surface area contributed by atoms with E-state index in [0.29, 0.717) is 22.4 Å². The van der Waals surface area contributed by atoms with Gasteiger partial charge >= 0.3 is 0 Å². The minimum Gasteiger partial charge on any atom is -0.497 e. The van der Waals surface area contributed by atoms with E-state index in [9.17, 15) is 4.79 Å². The maximum absolute atomic E-state index is 11.9. The SMILES string of the molecule is COc1ccc(N=c2oc3ccc(Br)cc3cc2C(C)=O)cc1. The first-order chi connectivity index (χ1) is 11.1. The topological polar surface area (TPSA) is 51.8 Å². The van der Waals surface area contributed by atoms with Gasteiger partial charge in [0, 0.05) is 9.86 Å². The Kier molecular flexibility index (Phi) is 4.30. The quantitative estimate of drug-likeness (QED) is 0.630. The molecule has 0 saturated carbocycles. The fraction of sp³-hybridized carbons (Fsp3) is 0.111. The van der Waals surface area contributed by atoms with E-state index >= 15 is 0 Å². The number of carbonyl (C=O) groups excluding carboxylic acids is 1. The summed E-state index contributed by atoms with van der Waals surface area (Å²) in [6, 6.07) is 14.7. The molecule has 0 radical (unpaired) electrons. The zero-order valence-electron chi connectivity index (χ0n) is 12.7. The Morgan fingerprint density at radius 3 is 2.52 bits per heavy atom. The standard InChI is InChI=1S/C18H14BrNO3/c1-11(21)16-10-12-9-13(19)3-8-17(12)23-18(16)20-14-4-6-15(22-2)7-5-14/h3-10H,1-2H3. The average Bonchev–Trinajstić information content (AvgIpc) is 2.55. The summed E-state index contributed by atoms with van der Waals surface area (Å²) < 4.78 is 11.9. The number of ether oxygens (including phenoxy) is 1. The van der Waals surface area contributed by atoms with Crippen molar-refractivity contribution in [3.63, 3.8) is 0 Å². The van der Waals surface area contributed by atoms with E-state index in [0.717, 1.165) is 15.6 Å². The maximum atomic E-state index is 11.9. The summed E-state index contributed by atoms with van der Waals surface area (Å²) in [6.45, 7) is 1.50. The molecule has 0 saturated heterocycles. The second-order valence-corrected chi connectivity index (χ2v) is 5.93. The number of halogens is 1. The second-order valence-electron chi connectivity index (χ2n) is 5.01. The van der Waals surface area contributed by atoms with Crippen LogP contribution >= 0.6 is 15.9 Å². The first-order valence-electron chi connectivity index (χ1n) is 7.00. The predicted octanol–water partition coefficient (Wildman–Crippen LogP) is 4.64. The van der Waals surface area contributed by atoms with E-state index in [1.54, 1.807) is 13.2 Å². The molecule has 0 N–H and O–H groups in total. The molecule has 2 aromatic carbocycles. The van der Waals surface area contributed by atoms with E-state index in [4.69, 9.17) is 9.15 Å². The van der Waals surface area contributed by atoms with Gasteiger partial charge in [-0.25, -0.2) is 4.99 Å². The van der Waals surface area contributed by atoms with Crippen LogP contribution in [0.3, 0.4) is 0 Å². The fourth-order valence-electron chi connectivity index (χ4n) is 2.21. The number of carbonyl (C=O) groups is 1. The molecule has 1 heterocycles. The number of hydrogen-bond donors (Lipinski definition) is 0. The summed E-state index contributed by atoms with van der Waals surface area (Å²) in [4.78, 5) is 16.4. The number of benzene rings is 2. The van der Waals surface area contributed by atoms with Crippen LogP contribution in [0.4, 0.5) is 5.69 Å². The Labute approximate surface area is 141 Å². The lowest BCUT2D eigenvalue weighted by Gasteiger charge is -2.03. The molecule has 3 rings (SSSR count). The van der Waals surface area contributed by atoms with Crippen LogP contribution in [0.25, 0.3) is 11.0 Å².